The fraction of sp³-hybridized carbons (Fsp3) is 0.0500. The van der Waals surface area contributed by atoms with Gasteiger partial charge in [-0.15, -0.1) is 0 Å². The van der Waals surface area contributed by atoms with Gasteiger partial charge in [-0.3, -0.25) is 15.1 Å². The molecule has 0 radical (unpaired) electrons. The van der Waals surface area contributed by atoms with Crippen LogP contribution >= 0.6 is 11.6 Å². The Balaban J connectivity index is 1.75. The summed E-state index contributed by atoms with van der Waals surface area (Å²) < 4.78 is 0. The zero-order valence-electron chi connectivity index (χ0n) is 14.0. The number of ketones is 1. The van der Waals surface area contributed by atoms with Gasteiger partial charge in [-0.2, -0.15) is 5.10 Å². The number of carbonyl (C=O) groups is 1. The van der Waals surface area contributed by atoms with E-state index in [-0.39, 0.29) is 11.6 Å². The average Bonchev–Trinajstić information content (AvgIpc) is 2.65. The normalized spacial score (nSPS) is 13.2. The maximum Gasteiger partial charge on any atom is 0.201 e. The van der Waals surface area contributed by atoms with Crippen molar-refractivity contribution in [3.8, 4) is 0 Å². The first-order valence-electron chi connectivity index (χ1n) is 8.09. The van der Waals surface area contributed by atoms with Gasteiger partial charge in [-0.25, -0.2) is 4.99 Å². The molecular formula is C20H15ClN4O. The molecule has 5 nitrogen and oxygen atoms in total. The number of hydrogen-bond acceptors (Lipinski definition) is 4. The van der Waals surface area contributed by atoms with Crippen molar-refractivity contribution in [2.24, 2.45) is 10.1 Å². The summed E-state index contributed by atoms with van der Waals surface area (Å²) in [6.45, 7) is 1.48. The lowest BCUT2D eigenvalue weighted by Gasteiger charge is -2.25. The molecule has 6 heteroatoms. The number of anilines is 2. The number of Topliss-reactive ketones (excluding diaryl/α,β-unsaturated/α-hetero) is 1. The summed E-state index contributed by atoms with van der Waals surface area (Å²) in [4.78, 5) is 18.4. The van der Waals surface area contributed by atoms with Gasteiger partial charge in [-0.05, 0) is 41.8 Å². The lowest BCUT2D eigenvalue weighted by atomic mass is 10.0. The molecule has 128 valence electrons. The molecule has 1 N–H and O–H groups in total. The van der Waals surface area contributed by atoms with Crippen molar-refractivity contribution in [2.45, 2.75) is 6.92 Å². The van der Waals surface area contributed by atoms with Crippen LogP contribution in [-0.2, 0) is 4.79 Å². The minimum Gasteiger partial charge on any atom is -0.291 e. The molecule has 4 rings (SSSR count). The number of hydrogen-bond donors (Lipinski definition) is 1. The third-order valence-corrected chi connectivity index (χ3v) is 4.36. The first kappa shape index (κ1) is 16.3. The van der Waals surface area contributed by atoms with Crippen LogP contribution in [0.4, 0.5) is 17.1 Å². The Hall–Kier alpha value is -3.18. The predicted molar refractivity (Wildman–Crippen MR) is 108 cm³/mol. The number of amidine groups is 1. The second-order valence-electron chi connectivity index (χ2n) is 5.88. The van der Waals surface area contributed by atoms with E-state index in [0.29, 0.717) is 5.02 Å². The largest absolute Gasteiger partial charge is 0.291 e. The molecule has 0 amide bonds. The number of nitrogens with zero attached hydrogens (tertiary/aromatic N) is 3. The van der Waals surface area contributed by atoms with Crippen molar-refractivity contribution in [3.63, 3.8) is 0 Å². The van der Waals surface area contributed by atoms with E-state index in [1.54, 1.807) is 35.5 Å². The molecule has 3 aromatic rings. The maximum atomic E-state index is 12.3. The number of rotatable bonds is 3. The number of carbonyl (C=O) groups excluding carboxylic acids is 1. The highest BCUT2D eigenvalue weighted by Gasteiger charge is 2.22. The van der Waals surface area contributed by atoms with Crippen molar-refractivity contribution < 1.29 is 4.79 Å². The third kappa shape index (κ3) is 2.93. The number of halogens is 1. The fourth-order valence-electron chi connectivity index (χ4n) is 2.91. The number of nitrogens with one attached hydrogen (secondary N) is 1. The molecule has 3 aromatic carbocycles. The van der Waals surface area contributed by atoms with Gasteiger partial charge in [0, 0.05) is 17.3 Å². The minimum atomic E-state index is -0.172. The molecule has 26 heavy (non-hydrogen) atoms. The topological polar surface area (TPSA) is 57.1 Å². The van der Waals surface area contributed by atoms with Crippen LogP contribution in [0.15, 0.2) is 70.8 Å². The fourth-order valence-corrected chi connectivity index (χ4v) is 3.03. The Labute approximate surface area is 155 Å². The molecular weight excluding hydrogens is 348 g/mol. The number of benzene rings is 3. The molecule has 1 aliphatic rings. The highest BCUT2D eigenvalue weighted by atomic mass is 35.5. The van der Waals surface area contributed by atoms with Gasteiger partial charge < -0.3 is 0 Å². The van der Waals surface area contributed by atoms with E-state index in [1.165, 1.54) is 6.92 Å². The van der Waals surface area contributed by atoms with Crippen LogP contribution in [0.5, 0.6) is 0 Å². The zero-order valence-corrected chi connectivity index (χ0v) is 14.7. The molecule has 0 aromatic heterocycles. The Morgan fingerprint density at radius 3 is 2.54 bits per heavy atom. The Bertz CT molecular complexity index is 1050. The van der Waals surface area contributed by atoms with Gasteiger partial charge in [0.2, 0.25) is 5.84 Å². The van der Waals surface area contributed by atoms with E-state index in [1.807, 2.05) is 36.4 Å². The highest BCUT2D eigenvalue weighted by Crippen LogP contribution is 2.37. The van der Waals surface area contributed by atoms with Crippen LogP contribution in [0.2, 0.25) is 5.02 Å². The maximum absolute atomic E-state index is 12.3. The van der Waals surface area contributed by atoms with Crippen LogP contribution < -0.4 is 10.3 Å². The summed E-state index contributed by atoms with van der Waals surface area (Å²) in [6.07, 6.45) is 1.63. The Kier molecular flexibility index (Phi) is 4.14. The van der Waals surface area contributed by atoms with E-state index in [4.69, 9.17) is 11.6 Å². The van der Waals surface area contributed by atoms with Gasteiger partial charge in [0.25, 0.3) is 0 Å². The quantitative estimate of drug-likeness (QED) is 0.406. The van der Waals surface area contributed by atoms with E-state index in [9.17, 15) is 4.79 Å². The van der Waals surface area contributed by atoms with Gasteiger partial charge in [0.15, 0.2) is 5.78 Å². The molecule has 0 fully saturated rings. The molecule has 0 saturated carbocycles. The van der Waals surface area contributed by atoms with Gasteiger partial charge >= 0.3 is 0 Å². The second-order valence-corrected chi connectivity index (χ2v) is 6.31. The van der Waals surface area contributed by atoms with Gasteiger partial charge in [0.05, 0.1) is 17.1 Å². The van der Waals surface area contributed by atoms with Crippen molar-refractivity contribution in [2.75, 3.05) is 10.3 Å². The van der Waals surface area contributed by atoms with Crippen LogP contribution in [0.1, 0.15) is 6.92 Å². The van der Waals surface area contributed by atoms with Crippen LogP contribution in [-0.4, -0.2) is 18.0 Å². The van der Waals surface area contributed by atoms with E-state index >= 15 is 0 Å². The third-order valence-electron chi connectivity index (χ3n) is 4.11. The summed E-state index contributed by atoms with van der Waals surface area (Å²) >= 11 is 5.90. The first-order chi connectivity index (χ1) is 12.6. The van der Waals surface area contributed by atoms with Gasteiger partial charge in [-0.1, -0.05) is 35.9 Å². The van der Waals surface area contributed by atoms with Crippen molar-refractivity contribution in [1.29, 1.82) is 0 Å². The Morgan fingerprint density at radius 1 is 1.08 bits per heavy atom. The zero-order chi connectivity index (χ0) is 18.1. The summed E-state index contributed by atoms with van der Waals surface area (Å²) in [7, 11) is 0. The first-order valence-corrected chi connectivity index (χ1v) is 8.46. The summed E-state index contributed by atoms with van der Waals surface area (Å²) in [5.74, 6) is 0.0833. The molecule has 1 aliphatic heterocycles. The molecule has 0 unspecified atom stereocenters. The molecule has 1 heterocycles. The SMILES string of the molecule is CC(=O)/C(=N\Nc1ccc(Cl)cc1)N1C=Nc2cccc3cccc1c23. The van der Waals surface area contributed by atoms with E-state index in [2.05, 4.69) is 15.5 Å². The molecule has 0 atom stereocenters. The van der Waals surface area contributed by atoms with Crippen molar-refractivity contribution >= 4 is 57.4 Å². The number of hydrazone groups is 1. The smallest absolute Gasteiger partial charge is 0.201 e. The average molecular weight is 363 g/mol. The highest BCUT2D eigenvalue weighted by molar-refractivity contribution is 6.47. The van der Waals surface area contributed by atoms with Crippen molar-refractivity contribution in [1.82, 2.24) is 0 Å². The minimum absolute atomic E-state index is 0.172. The van der Waals surface area contributed by atoms with Crippen LogP contribution in [0.3, 0.4) is 0 Å². The van der Waals surface area contributed by atoms with E-state index in [0.717, 1.165) is 27.8 Å². The summed E-state index contributed by atoms with van der Waals surface area (Å²) in [6, 6.07) is 19.0. The standard InChI is InChI=1S/C20H15ClN4O/c1-13(26)20(24-23-16-10-8-15(21)9-11-16)25-12-22-17-6-2-4-14-5-3-7-18(25)19(14)17/h2-12,23H,1H3/b24-20+. The lowest BCUT2D eigenvalue weighted by Crippen LogP contribution is -2.36. The number of aliphatic imine (C=N–C) groups is 1. The van der Waals surface area contributed by atoms with Gasteiger partial charge in [0.1, 0.15) is 6.34 Å². The molecule has 0 spiro atoms. The summed E-state index contributed by atoms with van der Waals surface area (Å²) in [5, 5.41) is 7.02. The van der Waals surface area contributed by atoms with Crippen molar-refractivity contribution in [3.05, 3.63) is 65.7 Å². The monoisotopic (exact) mass is 362 g/mol. The van der Waals surface area contributed by atoms with Crippen LogP contribution in [0.25, 0.3) is 10.8 Å². The summed E-state index contributed by atoms with van der Waals surface area (Å²) in [5.41, 5.74) is 5.40. The molecule has 0 bridgehead atoms. The lowest BCUT2D eigenvalue weighted by molar-refractivity contribution is -0.111. The Morgan fingerprint density at radius 2 is 1.81 bits per heavy atom. The van der Waals surface area contributed by atoms with E-state index < -0.39 is 0 Å². The van der Waals surface area contributed by atoms with Crippen LogP contribution in [0, 0.1) is 0 Å². The predicted octanol–water partition coefficient (Wildman–Crippen LogP) is 4.99. The molecule has 0 aliphatic carbocycles. The second kappa shape index (κ2) is 6.61. The molecule has 0 saturated heterocycles.